The zero-order valence-corrected chi connectivity index (χ0v) is 26.3. The number of hydrogen-bond donors (Lipinski definition) is 1. The average Bonchev–Trinajstić information content (AvgIpc) is 2.81. The summed E-state index contributed by atoms with van der Waals surface area (Å²) >= 11 is 12.1. The number of nitrogens with two attached hydrogens (primary N) is 1. The maximum Gasteiger partial charge on any atom is 0.425 e. The number of halogens is 2. The van der Waals surface area contributed by atoms with Crippen LogP contribution in [0.5, 0.6) is 0 Å². The molecule has 40 heavy (non-hydrogen) atoms. The Morgan fingerprint density at radius 1 is 0.800 bits per heavy atom. The highest BCUT2D eigenvalue weighted by Crippen LogP contribution is 2.28. The summed E-state index contributed by atoms with van der Waals surface area (Å²) in [4.78, 5) is 42.0. The number of imide groups is 1. The summed E-state index contributed by atoms with van der Waals surface area (Å²) < 4.78 is 21.1. The van der Waals surface area contributed by atoms with E-state index in [-0.39, 0.29) is 29.6 Å². The molecule has 12 nitrogen and oxygen atoms in total. The largest absolute Gasteiger partial charge is 0.443 e. The van der Waals surface area contributed by atoms with E-state index in [1.807, 2.05) is 13.8 Å². The van der Waals surface area contributed by atoms with Crippen LogP contribution < -0.4 is 10.6 Å². The molecule has 0 bridgehead atoms. The molecule has 224 valence electrons. The molecule has 0 aromatic carbocycles. The van der Waals surface area contributed by atoms with Crippen LogP contribution in [0.15, 0.2) is 12.7 Å². The number of amides is 2. The topological polar surface area (TPSA) is 152 Å². The van der Waals surface area contributed by atoms with Crippen LogP contribution in [0.1, 0.15) is 66.5 Å². The molecule has 2 atom stereocenters. The number of anilines is 2. The van der Waals surface area contributed by atoms with Crippen LogP contribution >= 0.6 is 23.2 Å². The van der Waals surface area contributed by atoms with Gasteiger partial charge in [0.1, 0.15) is 40.0 Å². The molecule has 2 N–H and O–H groups in total. The molecule has 0 aliphatic carbocycles. The molecular weight excluding hydrogens is 563 g/mol. The molecule has 0 saturated carbocycles. The lowest BCUT2D eigenvalue weighted by atomic mass is 10.1. The second-order valence-electron chi connectivity index (χ2n) is 10.8. The monoisotopic (exact) mass is 602 g/mol. The lowest BCUT2D eigenvalue weighted by molar-refractivity contribution is 0.0427. The van der Waals surface area contributed by atoms with Gasteiger partial charge in [-0.1, -0.05) is 23.2 Å². The van der Waals surface area contributed by atoms with Gasteiger partial charge in [-0.25, -0.2) is 29.5 Å². The predicted octanol–water partition coefficient (Wildman–Crippen LogP) is 5.67. The van der Waals surface area contributed by atoms with Crippen LogP contribution in [0.25, 0.3) is 0 Å². The molecule has 2 rings (SSSR count). The zero-order valence-electron chi connectivity index (χ0n) is 24.7. The number of hydrogen-bond acceptors (Lipinski definition) is 11. The zero-order chi connectivity index (χ0) is 30.8. The summed E-state index contributed by atoms with van der Waals surface area (Å²) in [6.45, 7) is 13.9. The van der Waals surface area contributed by atoms with E-state index in [0.29, 0.717) is 23.0 Å². The van der Waals surface area contributed by atoms with E-state index in [1.165, 1.54) is 12.7 Å². The summed E-state index contributed by atoms with van der Waals surface area (Å²) in [5.41, 5.74) is 5.11. The lowest BCUT2D eigenvalue weighted by Gasteiger charge is -2.29. The van der Waals surface area contributed by atoms with E-state index in [0.717, 1.165) is 10.5 Å². The van der Waals surface area contributed by atoms with Crippen molar-refractivity contribution >= 4 is 47.0 Å². The second kappa shape index (κ2) is 15.3. The first kappa shape index (κ1) is 35.2. The Hall–Kier alpha value is -2.80. The Kier molecular flexibility index (Phi) is 13.4. The summed E-state index contributed by atoms with van der Waals surface area (Å²) in [5, 5.41) is 0.511. The Morgan fingerprint density at radius 3 is 1.60 bits per heavy atom. The minimum absolute atomic E-state index is 0.00222. The Labute approximate surface area is 245 Å². The standard InChI is InChI=1S/C18H28ClN3O5.C8H12ClN3O/c1-11(25-8)9-12-13(19)20-10-21-14(12)22(15(23)26-17(2,3)4)16(24)27-18(5,6)7;1-5(13-2)3-6-7(9)11-4-12-8(6)10/h10-11H,9H2,1-8H3;4-5H,3H2,1-2H3,(H2,10,11,12). The predicted molar refractivity (Wildman–Crippen MR) is 154 cm³/mol. The number of carbonyl (C=O) groups is 2. The van der Waals surface area contributed by atoms with Gasteiger partial charge in [0.05, 0.1) is 12.2 Å². The van der Waals surface area contributed by atoms with Crippen LogP contribution in [0.2, 0.25) is 10.3 Å². The van der Waals surface area contributed by atoms with Gasteiger partial charge >= 0.3 is 12.2 Å². The molecule has 0 aliphatic heterocycles. The highest BCUT2D eigenvalue weighted by molar-refractivity contribution is 6.31. The van der Waals surface area contributed by atoms with Gasteiger partial charge in [-0.15, -0.1) is 0 Å². The van der Waals surface area contributed by atoms with Gasteiger partial charge in [-0.05, 0) is 55.4 Å². The van der Waals surface area contributed by atoms with E-state index in [9.17, 15) is 9.59 Å². The van der Waals surface area contributed by atoms with Gasteiger partial charge < -0.3 is 24.7 Å². The molecule has 0 aliphatic rings. The Bertz CT molecular complexity index is 1090. The summed E-state index contributed by atoms with van der Waals surface area (Å²) in [5.74, 6) is 0.423. The normalized spacial score (nSPS) is 13.0. The highest BCUT2D eigenvalue weighted by Gasteiger charge is 2.36. The van der Waals surface area contributed by atoms with Crippen LogP contribution in [0.4, 0.5) is 21.2 Å². The van der Waals surface area contributed by atoms with Gasteiger partial charge in [0, 0.05) is 38.2 Å². The number of nitrogens with zero attached hydrogens (tertiary/aromatic N) is 5. The van der Waals surface area contributed by atoms with Crippen molar-refractivity contribution in [3.8, 4) is 0 Å². The van der Waals surface area contributed by atoms with E-state index in [2.05, 4.69) is 19.9 Å². The first-order chi connectivity index (χ1) is 18.4. The summed E-state index contributed by atoms with van der Waals surface area (Å²) in [6.07, 6.45) is 1.40. The maximum atomic E-state index is 12.8. The van der Waals surface area contributed by atoms with Gasteiger partial charge in [0.25, 0.3) is 0 Å². The number of nitrogen functional groups attached to an aromatic ring is 1. The molecule has 2 amide bonds. The quantitative estimate of drug-likeness (QED) is 0.390. The van der Waals surface area contributed by atoms with Crippen molar-refractivity contribution in [2.75, 3.05) is 24.9 Å². The lowest BCUT2D eigenvalue weighted by Crippen LogP contribution is -2.44. The van der Waals surface area contributed by atoms with E-state index < -0.39 is 23.4 Å². The van der Waals surface area contributed by atoms with Crippen molar-refractivity contribution in [2.24, 2.45) is 0 Å². The van der Waals surface area contributed by atoms with Crippen LogP contribution in [0, 0.1) is 0 Å². The molecule has 0 fully saturated rings. The third-order valence-corrected chi connectivity index (χ3v) is 5.60. The Morgan fingerprint density at radius 2 is 1.20 bits per heavy atom. The third kappa shape index (κ3) is 11.7. The number of aromatic nitrogens is 4. The molecule has 2 aromatic rings. The third-order valence-electron chi connectivity index (χ3n) is 4.95. The Balaban J connectivity index is 0.000000512. The molecule has 2 aromatic heterocycles. The molecular formula is C26H40Cl2N6O6. The maximum absolute atomic E-state index is 12.8. The first-order valence-electron chi connectivity index (χ1n) is 12.5. The van der Waals surface area contributed by atoms with Crippen molar-refractivity contribution in [2.45, 2.75) is 91.6 Å². The van der Waals surface area contributed by atoms with E-state index in [4.69, 9.17) is 47.9 Å². The molecule has 2 heterocycles. The van der Waals surface area contributed by atoms with Crippen molar-refractivity contribution in [1.82, 2.24) is 19.9 Å². The average molecular weight is 604 g/mol. The molecule has 0 saturated heterocycles. The summed E-state index contributed by atoms with van der Waals surface area (Å²) in [6, 6.07) is 0. The fraction of sp³-hybridized carbons (Fsp3) is 0.615. The fourth-order valence-corrected chi connectivity index (χ4v) is 3.37. The summed E-state index contributed by atoms with van der Waals surface area (Å²) in [7, 11) is 3.18. The molecule has 0 spiro atoms. The van der Waals surface area contributed by atoms with E-state index in [1.54, 1.807) is 55.8 Å². The SMILES string of the molecule is COC(C)Cc1c(Cl)ncnc1N(C(=O)OC(C)(C)C)C(=O)OC(C)(C)C.COC(C)Cc1c(N)ncnc1Cl. The minimum atomic E-state index is -0.919. The van der Waals surface area contributed by atoms with Crippen LogP contribution in [0.3, 0.4) is 0 Å². The number of ether oxygens (including phenoxy) is 4. The van der Waals surface area contributed by atoms with Gasteiger partial charge in [0.2, 0.25) is 0 Å². The highest BCUT2D eigenvalue weighted by atomic mass is 35.5. The van der Waals surface area contributed by atoms with Gasteiger partial charge in [-0.2, -0.15) is 4.90 Å². The number of methoxy groups -OCH3 is 2. The van der Waals surface area contributed by atoms with E-state index >= 15 is 0 Å². The van der Waals surface area contributed by atoms with Crippen LogP contribution in [-0.2, 0) is 31.8 Å². The van der Waals surface area contributed by atoms with Crippen molar-refractivity contribution in [1.29, 1.82) is 0 Å². The number of carbonyl (C=O) groups excluding carboxylic acids is 2. The molecule has 0 radical (unpaired) electrons. The molecule has 14 heteroatoms. The van der Waals surface area contributed by atoms with Crippen molar-refractivity contribution in [3.05, 3.63) is 34.1 Å². The minimum Gasteiger partial charge on any atom is -0.443 e. The van der Waals surface area contributed by atoms with Crippen molar-refractivity contribution in [3.63, 3.8) is 0 Å². The smallest absolute Gasteiger partial charge is 0.425 e. The fourth-order valence-electron chi connectivity index (χ4n) is 2.95. The van der Waals surface area contributed by atoms with Crippen LogP contribution in [-0.4, -0.2) is 69.8 Å². The van der Waals surface area contributed by atoms with Gasteiger partial charge in [0.15, 0.2) is 5.82 Å². The first-order valence-corrected chi connectivity index (χ1v) is 13.2. The number of rotatable bonds is 7. The van der Waals surface area contributed by atoms with Crippen molar-refractivity contribution < 1.29 is 28.5 Å². The van der Waals surface area contributed by atoms with Gasteiger partial charge in [-0.3, -0.25) is 0 Å². The molecule has 2 unspecified atom stereocenters. The second-order valence-corrected chi connectivity index (χ2v) is 11.5.